The molecule has 1 N–H and O–H groups in total. The molecule has 1 unspecified atom stereocenters. The van der Waals surface area contributed by atoms with E-state index in [9.17, 15) is 14.7 Å². The summed E-state index contributed by atoms with van der Waals surface area (Å²) in [5.41, 5.74) is 7.35. The molecule has 0 radical (unpaired) electrons. The van der Waals surface area contributed by atoms with Gasteiger partial charge < -0.3 is 9.84 Å². The summed E-state index contributed by atoms with van der Waals surface area (Å²) in [5.74, 6) is 0.322. The van der Waals surface area contributed by atoms with Crippen LogP contribution in [0.3, 0.4) is 0 Å². The zero-order valence-electron chi connectivity index (χ0n) is 20.5. The Balaban J connectivity index is 1.35. The summed E-state index contributed by atoms with van der Waals surface area (Å²) in [7, 11) is 0. The van der Waals surface area contributed by atoms with Gasteiger partial charge in [0.05, 0.1) is 23.9 Å². The highest BCUT2D eigenvalue weighted by Crippen LogP contribution is 2.28. The number of carbonyl (C=O) groups is 1. The number of β-amino-alcohol motifs (C(OH)–C–C–N with tert-alkyl or cyclic N) is 1. The van der Waals surface area contributed by atoms with Crippen molar-refractivity contribution in [1.29, 1.82) is 0 Å². The lowest BCUT2D eigenvalue weighted by Crippen LogP contribution is -2.39. The standard InChI is InChI=1S/C27H30N4O4/c1-5-16(2)21-8-9-22(18(4)17(21)3)24(32)13-29-10-11-30-25(14-29)28-31(27(30)34)20-6-7-23-19(12-20)15-35-26(23)33/h5-9,12,24,32H,10-11,13-15H2,1-4H3. The van der Waals surface area contributed by atoms with Crippen LogP contribution in [-0.4, -0.2) is 43.4 Å². The van der Waals surface area contributed by atoms with Crippen LogP contribution in [0.2, 0.25) is 0 Å². The number of benzene rings is 2. The van der Waals surface area contributed by atoms with Crippen LogP contribution in [0, 0.1) is 13.8 Å². The Hall–Kier alpha value is -3.49. The number of nitrogens with zero attached hydrogens (tertiary/aromatic N) is 4. The molecule has 0 bridgehead atoms. The number of hydrogen-bond acceptors (Lipinski definition) is 6. The zero-order chi connectivity index (χ0) is 24.9. The Morgan fingerprint density at radius 2 is 1.97 bits per heavy atom. The predicted octanol–water partition coefficient (Wildman–Crippen LogP) is 3.29. The van der Waals surface area contributed by atoms with Gasteiger partial charge in [-0.05, 0) is 73.7 Å². The summed E-state index contributed by atoms with van der Waals surface area (Å²) in [5, 5.41) is 15.7. The van der Waals surface area contributed by atoms with Crippen molar-refractivity contribution < 1.29 is 14.6 Å². The van der Waals surface area contributed by atoms with E-state index in [0.717, 1.165) is 16.7 Å². The molecule has 0 saturated heterocycles. The van der Waals surface area contributed by atoms with Crippen molar-refractivity contribution in [1.82, 2.24) is 19.2 Å². The third kappa shape index (κ3) is 4.02. The minimum absolute atomic E-state index is 0.202. The normalized spacial score (nSPS) is 16.7. The predicted molar refractivity (Wildman–Crippen MR) is 132 cm³/mol. The lowest BCUT2D eigenvalue weighted by Gasteiger charge is -2.29. The first-order valence-corrected chi connectivity index (χ1v) is 11.9. The third-order valence-electron chi connectivity index (χ3n) is 7.33. The number of cyclic esters (lactones) is 1. The Bertz CT molecular complexity index is 1420. The van der Waals surface area contributed by atoms with E-state index in [-0.39, 0.29) is 18.3 Å². The average Bonchev–Trinajstić information content (AvgIpc) is 3.39. The fraction of sp³-hybridized carbons (Fsp3) is 0.370. The first-order chi connectivity index (χ1) is 16.8. The Kier molecular flexibility index (Phi) is 5.94. The van der Waals surface area contributed by atoms with Gasteiger partial charge in [-0.25, -0.2) is 9.59 Å². The molecule has 0 saturated carbocycles. The second-order valence-corrected chi connectivity index (χ2v) is 9.35. The Morgan fingerprint density at radius 1 is 1.17 bits per heavy atom. The second kappa shape index (κ2) is 8.94. The number of aliphatic hydroxyl groups is 1. The van der Waals surface area contributed by atoms with Crippen molar-refractivity contribution in [2.75, 3.05) is 13.1 Å². The summed E-state index contributed by atoms with van der Waals surface area (Å²) >= 11 is 0. The van der Waals surface area contributed by atoms with Gasteiger partial charge >= 0.3 is 11.7 Å². The first-order valence-electron chi connectivity index (χ1n) is 11.9. The van der Waals surface area contributed by atoms with Crippen LogP contribution < -0.4 is 5.69 Å². The molecule has 0 aliphatic carbocycles. The highest BCUT2D eigenvalue weighted by Gasteiger charge is 2.26. The van der Waals surface area contributed by atoms with E-state index in [1.807, 2.05) is 13.0 Å². The highest BCUT2D eigenvalue weighted by molar-refractivity contribution is 5.93. The molecule has 8 heteroatoms. The molecule has 1 atom stereocenters. The van der Waals surface area contributed by atoms with Crippen molar-refractivity contribution in [3.63, 3.8) is 0 Å². The zero-order valence-corrected chi connectivity index (χ0v) is 20.5. The molecule has 2 aromatic carbocycles. The fourth-order valence-corrected chi connectivity index (χ4v) is 5.00. The average molecular weight is 475 g/mol. The van der Waals surface area contributed by atoms with Crippen molar-refractivity contribution in [3.8, 4) is 5.69 Å². The minimum Gasteiger partial charge on any atom is -0.457 e. The lowest BCUT2D eigenvalue weighted by atomic mass is 9.91. The molecular weight excluding hydrogens is 444 g/mol. The van der Waals surface area contributed by atoms with E-state index in [1.165, 1.54) is 21.4 Å². The van der Waals surface area contributed by atoms with Crippen molar-refractivity contribution in [2.24, 2.45) is 0 Å². The number of carbonyl (C=O) groups excluding carboxylic acids is 1. The molecule has 5 rings (SSSR count). The number of rotatable bonds is 5. The third-order valence-corrected chi connectivity index (χ3v) is 7.33. The van der Waals surface area contributed by atoms with Gasteiger partial charge in [0.15, 0.2) is 0 Å². The van der Waals surface area contributed by atoms with Crippen LogP contribution >= 0.6 is 0 Å². The maximum absolute atomic E-state index is 13.0. The van der Waals surface area contributed by atoms with Gasteiger partial charge in [0.1, 0.15) is 12.4 Å². The summed E-state index contributed by atoms with van der Waals surface area (Å²) < 4.78 is 8.13. The van der Waals surface area contributed by atoms with Crippen LogP contribution in [0.1, 0.15) is 64.0 Å². The van der Waals surface area contributed by atoms with Crippen LogP contribution in [0.15, 0.2) is 41.2 Å². The highest BCUT2D eigenvalue weighted by atomic mass is 16.5. The van der Waals surface area contributed by atoms with E-state index in [4.69, 9.17) is 4.74 Å². The van der Waals surface area contributed by atoms with Crippen LogP contribution in [0.25, 0.3) is 11.3 Å². The van der Waals surface area contributed by atoms with Gasteiger partial charge in [-0.1, -0.05) is 18.2 Å². The molecular formula is C27H30N4O4. The van der Waals surface area contributed by atoms with Gasteiger partial charge in [0.25, 0.3) is 0 Å². The molecule has 3 heterocycles. The largest absolute Gasteiger partial charge is 0.457 e. The molecule has 0 spiro atoms. The minimum atomic E-state index is -0.636. The first kappa shape index (κ1) is 23.3. The van der Waals surface area contributed by atoms with Gasteiger partial charge in [-0.2, -0.15) is 4.68 Å². The Morgan fingerprint density at radius 3 is 2.74 bits per heavy atom. The van der Waals surface area contributed by atoms with Crippen LogP contribution in [-0.2, 0) is 24.4 Å². The van der Waals surface area contributed by atoms with Crippen molar-refractivity contribution in [2.45, 2.75) is 53.5 Å². The molecule has 1 aromatic heterocycles. The molecule has 3 aromatic rings. The number of hydrogen-bond donors (Lipinski definition) is 1. The molecule has 8 nitrogen and oxygen atoms in total. The molecule has 35 heavy (non-hydrogen) atoms. The van der Waals surface area contributed by atoms with Gasteiger partial charge in [0.2, 0.25) is 0 Å². The summed E-state index contributed by atoms with van der Waals surface area (Å²) in [4.78, 5) is 26.9. The Labute approximate surface area is 204 Å². The summed E-state index contributed by atoms with van der Waals surface area (Å²) in [6.07, 6.45) is 1.46. The van der Waals surface area contributed by atoms with E-state index in [2.05, 4.69) is 42.9 Å². The molecule has 2 aliphatic rings. The summed E-state index contributed by atoms with van der Waals surface area (Å²) in [6.45, 7) is 10.6. The van der Waals surface area contributed by atoms with Gasteiger partial charge in [0, 0.05) is 25.2 Å². The monoisotopic (exact) mass is 474 g/mol. The number of ether oxygens (including phenoxy) is 1. The maximum Gasteiger partial charge on any atom is 0.350 e. The number of aliphatic hydroxyl groups excluding tert-OH is 1. The van der Waals surface area contributed by atoms with Crippen molar-refractivity contribution in [3.05, 3.63) is 86.1 Å². The second-order valence-electron chi connectivity index (χ2n) is 9.35. The number of esters is 1. The van der Waals surface area contributed by atoms with E-state index in [0.29, 0.717) is 43.3 Å². The van der Waals surface area contributed by atoms with Gasteiger partial charge in [-0.15, -0.1) is 5.10 Å². The molecule has 0 fully saturated rings. The van der Waals surface area contributed by atoms with Gasteiger partial charge in [-0.3, -0.25) is 9.47 Å². The van der Waals surface area contributed by atoms with E-state index in [1.54, 1.807) is 22.8 Å². The van der Waals surface area contributed by atoms with E-state index < -0.39 is 6.10 Å². The van der Waals surface area contributed by atoms with Crippen LogP contribution in [0.5, 0.6) is 0 Å². The number of aromatic nitrogens is 3. The molecule has 0 amide bonds. The number of allylic oxidation sites excluding steroid dienone is 2. The topological polar surface area (TPSA) is 89.6 Å². The lowest BCUT2D eigenvalue weighted by molar-refractivity contribution is 0.0535. The van der Waals surface area contributed by atoms with Crippen LogP contribution in [0.4, 0.5) is 0 Å². The molecule has 2 aliphatic heterocycles. The fourth-order valence-electron chi connectivity index (χ4n) is 5.00. The summed E-state index contributed by atoms with van der Waals surface area (Å²) in [6, 6.07) is 9.29. The number of fused-ring (bicyclic) bond motifs is 2. The smallest absolute Gasteiger partial charge is 0.350 e. The maximum atomic E-state index is 13.0. The SMILES string of the molecule is CC=C(C)c1ccc(C(O)CN2CCn3c(nn(-c4ccc5c(c4)COC5=O)c3=O)C2)c(C)c1C. The van der Waals surface area contributed by atoms with Crippen molar-refractivity contribution >= 4 is 11.5 Å². The quantitative estimate of drug-likeness (QED) is 0.571. The van der Waals surface area contributed by atoms with E-state index >= 15 is 0 Å². The molecule has 182 valence electrons.